The van der Waals surface area contributed by atoms with E-state index in [1.165, 1.54) is 4.31 Å². The third kappa shape index (κ3) is 2.69. The van der Waals surface area contributed by atoms with Gasteiger partial charge in [0.1, 0.15) is 0 Å². The summed E-state index contributed by atoms with van der Waals surface area (Å²) in [5.74, 6) is 0.444. The first-order valence-electron chi connectivity index (χ1n) is 5.48. The van der Waals surface area contributed by atoms with Gasteiger partial charge >= 0.3 is 0 Å². The fourth-order valence-corrected chi connectivity index (χ4v) is 4.21. The maximum atomic E-state index is 11.9. The van der Waals surface area contributed by atoms with E-state index in [9.17, 15) is 8.42 Å². The molecule has 0 radical (unpaired) electrons. The Labute approximate surface area is 110 Å². The summed E-state index contributed by atoms with van der Waals surface area (Å²) in [7, 11) is -3.09. The fraction of sp³-hybridized carbons (Fsp3) is 0.545. The molecule has 1 aromatic heterocycles. The van der Waals surface area contributed by atoms with Crippen LogP contribution in [0.2, 0.25) is 0 Å². The molecular formula is C11H15BrN2O2S. The number of sulfonamides is 1. The van der Waals surface area contributed by atoms with Crippen molar-refractivity contribution in [3.8, 4) is 0 Å². The Hall–Kier alpha value is -0.460. The Balaban J connectivity index is 2.25. The molecule has 0 saturated carbocycles. The monoisotopic (exact) mass is 318 g/mol. The highest BCUT2D eigenvalue weighted by molar-refractivity contribution is 9.10. The molecule has 6 heteroatoms. The molecule has 1 aliphatic heterocycles. The van der Waals surface area contributed by atoms with E-state index in [2.05, 4.69) is 20.9 Å². The molecule has 1 atom stereocenters. The van der Waals surface area contributed by atoms with Crippen molar-refractivity contribution in [1.29, 1.82) is 0 Å². The summed E-state index contributed by atoms with van der Waals surface area (Å²) in [6.45, 7) is 4.87. The highest BCUT2D eigenvalue weighted by atomic mass is 79.9. The van der Waals surface area contributed by atoms with Crippen molar-refractivity contribution in [3.63, 3.8) is 0 Å². The Morgan fingerprint density at radius 3 is 2.88 bits per heavy atom. The first-order chi connectivity index (χ1) is 7.90. The molecule has 1 unspecified atom stereocenters. The summed E-state index contributed by atoms with van der Waals surface area (Å²) in [5, 5.41) is 0. The number of pyridine rings is 1. The molecule has 1 fully saturated rings. The normalized spacial score (nSPS) is 24.1. The number of aryl methyl sites for hydroxylation is 1. The van der Waals surface area contributed by atoms with Crippen LogP contribution in [-0.2, 0) is 16.6 Å². The van der Waals surface area contributed by atoms with Crippen LogP contribution in [0.3, 0.4) is 0 Å². The molecule has 2 heterocycles. The van der Waals surface area contributed by atoms with Gasteiger partial charge in [-0.1, -0.05) is 6.92 Å². The Bertz CT molecular complexity index is 530. The van der Waals surface area contributed by atoms with Gasteiger partial charge in [-0.3, -0.25) is 4.98 Å². The molecule has 1 saturated heterocycles. The number of hydrogen-bond donors (Lipinski definition) is 0. The number of nitrogens with zero attached hydrogens (tertiary/aromatic N) is 2. The molecule has 0 amide bonds. The smallest absolute Gasteiger partial charge is 0.214 e. The quantitative estimate of drug-likeness (QED) is 0.837. The summed E-state index contributed by atoms with van der Waals surface area (Å²) < 4.78 is 26.1. The lowest BCUT2D eigenvalue weighted by Gasteiger charge is -2.15. The van der Waals surface area contributed by atoms with E-state index in [1.54, 1.807) is 6.20 Å². The van der Waals surface area contributed by atoms with Crippen LogP contribution >= 0.6 is 15.9 Å². The Morgan fingerprint density at radius 1 is 1.59 bits per heavy atom. The molecule has 4 nitrogen and oxygen atoms in total. The standard InChI is InChI=1S/C11H15BrN2O2S/c1-8-5-14(17(15,16)7-8)6-10-11(12)9(2)3-4-13-10/h3-4,8H,5-7H2,1-2H3. The summed E-state index contributed by atoms with van der Waals surface area (Å²) in [5.41, 5.74) is 1.85. The molecule has 2 rings (SSSR count). The van der Waals surface area contributed by atoms with Gasteiger partial charge in [-0.15, -0.1) is 0 Å². The average Bonchev–Trinajstić information content (AvgIpc) is 2.47. The summed E-state index contributed by atoms with van der Waals surface area (Å²) in [4.78, 5) is 4.24. The van der Waals surface area contributed by atoms with Gasteiger partial charge in [0, 0.05) is 17.2 Å². The van der Waals surface area contributed by atoms with Crippen molar-refractivity contribution >= 4 is 26.0 Å². The predicted octanol–water partition coefficient (Wildman–Crippen LogP) is 1.93. The summed E-state index contributed by atoms with van der Waals surface area (Å²) in [6.07, 6.45) is 1.71. The summed E-state index contributed by atoms with van der Waals surface area (Å²) in [6, 6.07) is 1.90. The molecule has 0 aromatic carbocycles. The van der Waals surface area contributed by atoms with Gasteiger partial charge in [0.15, 0.2) is 0 Å². The number of hydrogen-bond acceptors (Lipinski definition) is 3. The molecule has 0 spiro atoms. The molecule has 0 aliphatic carbocycles. The number of rotatable bonds is 2. The number of halogens is 1. The third-order valence-corrected chi connectivity index (χ3v) is 6.02. The van der Waals surface area contributed by atoms with Crippen LogP contribution in [0.25, 0.3) is 0 Å². The lowest BCUT2D eigenvalue weighted by atomic mass is 10.2. The SMILES string of the molecule is Cc1ccnc(CN2CC(C)CS2(=O)=O)c1Br. The maximum absolute atomic E-state index is 11.9. The Morgan fingerprint density at radius 2 is 2.29 bits per heavy atom. The van der Waals surface area contributed by atoms with Gasteiger partial charge in [-0.25, -0.2) is 8.42 Å². The zero-order valence-corrected chi connectivity index (χ0v) is 12.3. The minimum atomic E-state index is -3.09. The first-order valence-corrected chi connectivity index (χ1v) is 7.88. The van der Waals surface area contributed by atoms with E-state index in [1.807, 2.05) is 19.9 Å². The van der Waals surface area contributed by atoms with Crippen LogP contribution in [0, 0.1) is 12.8 Å². The maximum Gasteiger partial charge on any atom is 0.214 e. The van der Waals surface area contributed by atoms with Crippen LogP contribution in [0.5, 0.6) is 0 Å². The van der Waals surface area contributed by atoms with Gasteiger partial charge in [0.2, 0.25) is 10.0 Å². The molecule has 0 N–H and O–H groups in total. The lowest BCUT2D eigenvalue weighted by Crippen LogP contribution is -2.26. The number of aromatic nitrogens is 1. The van der Waals surface area contributed by atoms with Gasteiger partial charge in [-0.05, 0) is 40.4 Å². The van der Waals surface area contributed by atoms with Crippen LogP contribution in [0.1, 0.15) is 18.2 Å². The fourth-order valence-electron chi connectivity index (χ4n) is 2.02. The van der Waals surface area contributed by atoms with Crippen molar-refractivity contribution in [2.45, 2.75) is 20.4 Å². The van der Waals surface area contributed by atoms with Crippen LogP contribution in [0.4, 0.5) is 0 Å². The third-order valence-electron chi connectivity index (χ3n) is 2.88. The average molecular weight is 319 g/mol. The van der Waals surface area contributed by atoms with Gasteiger partial charge in [0.25, 0.3) is 0 Å². The van der Waals surface area contributed by atoms with Crippen LogP contribution < -0.4 is 0 Å². The molecule has 1 aliphatic rings. The van der Waals surface area contributed by atoms with Crippen molar-refractivity contribution in [2.75, 3.05) is 12.3 Å². The molecule has 1 aromatic rings. The minimum Gasteiger partial charge on any atom is -0.259 e. The minimum absolute atomic E-state index is 0.198. The van der Waals surface area contributed by atoms with E-state index in [0.717, 1.165) is 15.7 Å². The second kappa shape index (κ2) is 4.66. The highest BCUT2D eigenvalue weighted by Gasteiger charge is 2.33. The Kier molecular flexibility index (Phi) is 3.56. The molecule has 94 valence electrons. The topological polar surface area (TPSA) is 50.3 Å². The van der Waals surface area contributed by atoms with Crippen molar-refractivity contribution in [3.05, 3.63) is 28.0 Å². The van der Waals surface area contributed by atoms with E-state index >= 15 is 0 Å². The van der Waals surface area contributed by atoms with Crippen LogP contribution in [-0.4, -0.2) is 30.0 Å². The molecule has 17 heavy (non-hydrogen) atoms. The van der Waals surface area contributed by atoms with Gasteiger partial charge < -0.3 is 0 Å². The molecule has 0 bridgehead atoms. The van der Waals surface area contributed by atoms with E-state index < -0.39 is 10.0 Å². The van der Waals surface area contributed by atoms with Gasteiger partial charge in [-0.2, -0.15) is 4.31 Å². The van der Waals surface area contributed by atoms with Crippen LogP contribution in [0.15, 0.2) is 16.7 Å². The highest BCUT2D eigenvalue weighted by Crippen LogP contribution is 2.25. The zero-order valence-electron chi connectivity index (χ0n) is 9.85. The lowest BCUT2D eigenvalue weighted by molar-refractivity contribution is 0.404. The largest absolute Gasteiger partial charge is 0.259 e. The second-order valence-corrected chi connectivity index (χ2v) is 7.37. The predicted molar refractivity (Wildman–Crippen MR) is 70.0 cm³/mol. The molecular weight excluding hydrogens is 304 g/mol. The van der Waals surface area contributed by atoms with Crippen molar-refractivity contribution in [1.82, 2.24) is 9.29 Å². The van der Waals surface area contributed by atoms with Crippen molar-refractivity contribution < 1.29 is 8.42 Å². The summed E-state index contributed by atoms with van der Waals surface area (Å²) >= 11 is 3.46. The van der Waals surface area contributed by atoms with E-state index in [-0.39, 0.29) is 11.7 Å². The first kappa shape index (κ1) is 13.0. The van der Waals surface area contributed by atoms with Gasteiger partial charge in [0.05, 0.1) is 18.0 Å². The van der Waals surface area contributed by atoms with E-state index in [4.69, 9.17) is 0 Å². The second-order valence-electron chi connectivity index (χ2n) is 4.56. The van der Waals surface area contributed by atoms with E-state index in [0.29, 0.717) is 13.1 Å². The zero-order chi connectivity index (χ0) is 12.6. The van der Waals surface area contributed by atoms with Crippen molar-refractivity contribution in [2.24, 2.45) is 5.92 Å².